The van der Waals surface area contributed by atoms with Crippen LogP contribution in [0.5, 0.6) is 5.75 Å². The summed E-state index contributed by atoms with van der Waals surface area (Å²) in [6.07, 6.45) is 0. The Bertz CT molecular complexity index is 834. The van der Waals surface area contributed by atoms with Gasteiger partial charge in [-0.05, 0) is 36.4 Å². The van der Waals surface area contributed by atoms with Crippen molar-refractivity contribution in [2.75, 3.05) is 26.7 Å². The van der Waals surface area contributed by atoms with E-state index in [9.17, 15) is 4.79 Å². The Morgan fingerprint density at radius 1 is 1.23 bits per heavy atom. The van der Waals surface area contributed by atoms with Crippen molar-refractivity contribution in [3.05, 3.63) is 58.6 Å². The lowest BCUT2D eigenvalue weighted by atomic mass is 10.3. The fourth-order valence-electron chi connectivity index (χ4n) is 2.54. The summed E-state index contributed by atoms with van der Waals surface area (Å²) in [5, 5.41) is 4.59. The van der Waals surface area contributed by atoms with E-state index in [0.717, 1.165) is 27.7 Å². The monoisotopic (exact) mass is 390 g/mol. The van der Waals surface area contributed by atoms with Crippen LogP contribution in [-0.2, 0) is 11.3 Å². The summed E-state index contributed by atoms with van der Waals surface area (Å²) < 4.78 is 6.74. The number of rotatable bonds is 8. The molecule has 1 aromatic heterocycles. The summed E-state index contributed by atoms with van der Waals surface area (Å²) in [5.74, 6) is 0.741. The van der Waals surface area contributed by atoms with E-state index >= 15 is 0 Å². The number of carbonyl (C=O) groups is 1. The van der Waals surface area contributed by atoms with Gasteiger partial charge < -0.3 is 15.0 Å². The zero-order valence-electron chi connectivity index (χ0n) is 14.5. The number of halogens is 1. The van der Waals surface area contributed by atoms with E-state index in [1.165, 1.54) is 4.70 Å². The second-order valence-electron chi connectivity index (χ2n) is 6.04. The van der Waals surface area contributed by atoms with Crippen molar-refractivity contribution in [1.29, 1.82) is 0 Å². The number of ether oxygens (including phenoxy) is 1. The number of nitrogens with one attached hydrogen (secondary N) is 2. The largest absolute Gasteiger partial charge is 0.492 e. The third kappa shape index (κ3) is 5.42. The van der Waals surface area contributed by atoms with Gasteiger partial charge in [-0.25, -0.2) is 4.98 Å². The SMILES string of the molecule is C[NH+](CC(=O)NCCOc1ccc(Cl)cc1)Cc1nc2ccccc2s1. The predicted molar refractivity (Wildman–Crippen MR) is 105 cm³/mol. The molecular weight excluding hydrogens is 370 g/mol. The molecule has 1 atom stereocenters. The quantitative estimate of drug-likeness (QED) is 0.579. The molecule has 0 aliphatic carbocycles. The molecule has 1 unspecified atom stereocenters. The van der Waals surface area contributed by atoms with Gasteiger partial charge in [0.1, 0.15) is 23.9 Å². The fraction of sp³-hybridized carbons (Fsp3) is 0.263. The van der Waals surface area contributed by atoms with Crippen LogP contribution in [0.25, 0.3) is 10.2 Å². The van der Waals surface area contributed by atoms with Crippen LogP contribution in [-0.4, -0.2) is 37.6 Å². The Morgan fingerprint density at radius 2 is 2.00 bits per heavy atom. The van der Waals surface area contributed by atoms with Crippen molar-refractivity contribution in [2.24, 2.45) is 0 Å². The molecule has 0 bridgehead atoms. The molecule has 7 heteroatoms. The number of para-hydroxylation sites is 1. The number of hydrogen-bond donors (Lipinski definition) is 2. The topological polar surface area (TPSA) is 55.7 Å². The molecule has 0 saturated carbocycles. The molecule has 2 N–H and O–H groups in total. The first kappa shape index (κ1) is 18.6. The molecule has 3 rings (SSSR count). The summed E-state index contributed by atoms with van der Waals surface area (Å²) in [6.45, 7) is 2.02. The molecule has 1 heterocycles. The van der Waals surface area contributed by atoms with Crippen LogP contribution in [0, 0.1) is 0 Å². The number of amides is 1. The van der Waals surface area contributed by atoms with Crippen molar-refractivity contribution < 1.29 is 14.4 Å². The minimum atomic E-state index is 0.00307. The highest BCUT2D eigenvalue weighted by Crippen LogP contribution is 2.20. The molecule has 2 aromatic carbocycles. The van der Waals surface area contributed by atoms with Gasteiger partial charge in [-0.15, -0.1) is 11.3 Å². The van der Waals surface area contributed by atoms with Crippen molar-refractivity contribution in [3.63, 3.8) is 0 Å². The lowest BCUT2D eigenvalue weighted by Gasteiger charge is -2.12. The molecule has 0 aliphatic rings. The van der Waals surface area contributed by atoms with Crippen LogP contribution in [0.15, 0.2) is 48.5 Å². The number of likely N-dealkylation sites (N-methyl/N-ethyl adjacent to an activating group) is 1. The smallest absolute Gasteiger partial charge is 0.275 e. The number of fused-ring (bicyclic) bond motifs is 1. The van der Waals surface area contributed by atoms with E-state index < -0.39 is 0 Å². The van der Waals surface area contributed by atoms with Crippen LogP contribution in [0.1, 0.15) is 5.01 Å². The molecule has 26 heavy (non-hydrogen) atoms. The summed E-state index contributed by atoms with van der Waals surface area (Å²) >= 11 is 7.51. The second kappa shape index (κ2) is 8.98. The van der Waals surface area contributed by atoms with Crippen molar-refractivity contribution in [3.8, 4) is 5.75 Å². The average Bonchev–Trinajstić information content (AvgIpc) is 3.02. The number of hydrogen-bond acceptors (Lipinski definition) is 4. The number of carbonyl (C=O) groups excluding carboxylic acids is 1. The predicted octanol–water partition coefficient (Wildman–Crippen LogP) is 2.16. The molecule has 0 spiro atoms. The number of quaternary nitrogens is 1. The Kier molecular flexibility index (Phi) is 6.44. The highest BCUT2D eigenvalue weighted by molar-refractivity contribution is 7.18. The maximum absolute atomic E-state index is 12.0. The molecule has 1 amide bonds. The van der Waals surface area contributed by atoms with Gasteiger partial charge in [0, 0.05) is 5.02 Å². The Labute approximate surface area is 161 Å². The van der Waals surface area contributed by atoms with E-state index in [1.807, 2.05) is 25.2 Å². The van der Waals surface area contributed by atoms with Gasteiger partial charge in [-0.1, -0.05) is 23.7 Å². The van der Waals surface area contributed by atoms with Crippen LogP contribution < -0.4 is 15.0 Å². The first-order valence-corrected chi connectivity index (χ1v) is 9.60. The molecule has 0 aliphatic heterocycles. The van der Waals surface area contributed by atoms with Gasteiger partial charge in [0.25, 0.3) is 5.91 Å². The van der Waals surface area contributed by atoms with Gasteiger partial charge >= 0.3 is 0 Å². The van der Waals surface area contributed by atoms with E-state index in [2.05, 4.69) is 16.4 Å². The van der Waals surface area contributed by atoms with E-state index in [1.54, 1.807) is 35.6 Å². The van der Waals surface area contributed by atoms with E-state index in [-0.39, 0.29) is 5.91 Å². The molecular formula is C19H21ClN3O2S+. The first-order valence-electron chi connectivity index (χ1n) is 8.41. The van der Waals surface area contributed by atoms with Crippen LogP contribution in [0.3, 0.4) is 0 Å². The molecule has 0 radical (unpaired) electrons. The van der Waals surface area contributed by atoms with Gasteiger partial charge in [-0.2, -0.15) is 0 Å². The Hall–Kier alpha value is -2.15. The number of aromatic nitrogens is 1. The normalized spacial score (nSPS) is 12.1. The lowest BCUT2D eigenvalue weighted by molar-refractivity contribution is -0.885. The molecule has 0 saturated heterocycles. The summed E-state index contributed by atoms with van der Waals surface area (Å²) in [4.78, 5) is 17.8. The zero-order chi connectivity index (χ0) is 18.4. The third-order valence-corrected chi connectivity index (χ3v) is 5.05. The van der Waals surface area contributed by atoms with Crippen molar-refractivity contribution >= 4 is 39.1 Å². The van der Waals surface area contributed by atoms with E-state index in [4.69, 9.17) is 16.3 Å². The summed E-state index contributed by atoms with van der Waals surface area (Å²) in [6, 6.07) is 15.2. The van der Waals surface area contributed by atoms with Crippen LogP contribution in [0.4, 0.5) is 0 Å². The van der Waals surface area contributed by atoms with Crippen LogP contribution in [0.2, 0.25) is 5.02 Å². The molecule has 0 fully saturated rings. The first-order chi connectivity index (χ1) is 12.6. The van der Waals surface area contributed by atoms with Crippen molar-refractivity contribution in [2.45, 2.75) is 6.54 Å². The zero-order valence-corrected chi connectivity index (χ0v) is 16.1. The Morgan fingerprint density at radius 3 is 2.77 bits per heavy atom. The third-order valence-electron chi connectivity index (χ3n) is 3.76. The number of thiazole rings is 1. The summed E-state index contributed by atoms with van der Waals surface area (Å²) in [7, 11) is 2.00. The van der Waals surface area contributed by atoms with E-state index in [0.29, 0.717) is 24.7 Å². The highest BCUT2D eigenvalue weighted by Gasteiger charge is 2.13. The molecule has 5 nitrogen and oxygen atoms in total. The minimum Gasteiger partial charge on any atom is -0.492 e. The Balaban J connectivity index is 1.37. The van der Waals surface area contributed by atoms with Crippen LogP contribution >= 0.6 is 22.9 Å². The van der Waals surface area contributed by atoms with Gasteiger partial charge in [0.2, 0.25) is 0 Å². The standard InChI is InChI=1S/C19H20ClN3O2S/c1-23(13-19-22-16-4-2-3-5-17(16)26-19)12-18(24)21-10-11-25-15-8-6-14(20)7-9-15/h2-9H,10-13H2,1H3,(H,21,24)/p+1. The van der Waals surface area contributed by atoms with Gasteiger partial charge in [0.05, 0.1) is 23.8 Å². The maximum Gasteiger partial charge on any atom is 0.275 e. The number of nitrogens with zero attached hydrogens (tertiary/aromatic N) is 1. The van der Waals surface area contributed by atoms with Gasteiger partial charge in [-0.3, -0.25) is 4.79 Å². The van der Waals surface area contributed by atoms with Gasteiger partial charge in [0.15, 0.2) is 6.54 Å². The lowest BCUT2D eigenvalue weighted by Crippen LogP contribution is -3.08. The highest BCUT2D eigenvalue weighted by atomic mass is 35.5. The fourth-order valence-corrected chi connectivity index (χ4v) is 3.75. The minimum absolute atomic E-state index is 0.00307. The van der Waals surface area contributed by atoms with Crippen molar-refractivity contribution in [1.82, 2.24) is 10.3 Å². The molecule has 3 aromatic rings. The summed E-state index contributed by atoms with van der Waals surface area (Å²) in [5.41, 5.74) is 1.02. The second-order valence-corrected chi connectivity index (χ2v) is 7.59. The average molecular weight is 391 g/mol. The number of benzene rings is 2. The molecule has 136 valence electrons. The maximum atomic E-state index is 12.0.